The van der Waals surface area contributed by atoms with Crippen molar-refractivity contribution in [1.29, 1.82) is 0 Å². The number of aromatic nitrogens is 2. The molecule has 2 heterocycles. The number of thioether (sulfide) groups is 1. The number of fused-ring (bicyclic) bond motifs is 1. The maximum atomic E-state index is 13.3. The van der Waals surface area contributed by atoms with E-state index in [1.54, 1.807) is 23.8 Å². The first-order valence-electron chi connectivity index (χ1n) is 11.5. The van der Waals surface area contributed by atoms with Crippen LogP contribution in [-0.2, 0) is 16.1 Å². The fourth-order valence-corrected chi connectivity index (χ4v) is 4.80. The highest BCUT2D eigenvalue weighted by molar-refractivity contribution is 8.00. The van der Waals surface area contributed by atoms with Crippen LogP contribution < -0.4 is 15.6 Å². The number of rotatable bonds is 9. The predicted molar refractivity (Wildman–Crippen MR) is 135 cm³/mol. The third-order valence-corrected chi connectivity index (χ3v) is 6.87. The van der Waals surface area contributed by atoms with Crippen LogP contribution in [0.4, 0.5) is 5.69 Å². The molecule has 1 aliphatic rings. The lowest BCUT2D eigenvalue weighted by atomic mass is 10.2. The molecule has 34 heavy (non-hydrogen) atoms. The topological polar surface area (TPSA) is 85.7 Å². The third-order valence-electron chi connectivity index (χ3n) is 5.78. The number of nitrogens with zero attached hydrogens (tertiary/aromatic N) is 3. The fraction of sp³-hybridized carbons (Fsp3) is 0.400. The number of para-hydroxylation sites is 1. The van der Waals surface area contributed by atoms with Crippen molar-refractivity contribution >= 4 is 34.3 Å². The van der Waals surface area contributed by atoms with Crippen LogP contribution in [0.25, 0.3) is 10.9 Å². The summed E-state index contributed by atoms with van der Waals surface area (Å²) in [5.41, 5.74) is 1.22. The van der Waals surface area contributed by atoms with Crippen LogP contribution in [0.2, 0.25) is 0 Å². The number of nitrogens with one attached hydrogen (secondary N) is 1. The summed E-state index contributed by atoms with van der Waals surface area (Å²) in [6.07, 6.45) is 0.817. The van der Waals surface area contributed by atoms with Crippen LogP contribution in [-0.4, -0.2) is 65.6 Å². The van der Waals surface area contributed by atoms with Crippen molar-refractivity contribution < 1.29 is 14.3 Å². The molecule has 0 bridgehead atoms. The summed E-state index contributed by atoms with van der Waals surface area (Å²) >= 11 is 1.30. The van der Waals surface area contributed by atoms with Gasteiger partial charge in [-0.3, -0.25) is 19.1 Å². The van der Waals surface area contributed by atoms with Gasteiger partial charge in [-0.2, -0.15) is 0 Å². The number of hydrogen-bond donors (Lipinski definition) is 1. The molecule has 8 nitrogen and oxygen atoms in total. The Hall–Kier alpha value is -2.88. The summed E-state index contributed by atoms with van der Waals surface area (Å²) in [5, 5.41) is 3.61. The first kappa shape index (κ1) is 24.3. The number of ether oxygens (including phenoxy) is 2. The van der Waals surface area contributed by atoms with Gasteiger partial charge in [0.25, 0.3) is 5.56 Å². The summed E-state index contributed by atoms with van der Waals surface area (Å²) < 4.78 is 12.4. The van der Waals surface area contributed by atoms with Gasteiger partial charge in [0.1, 0.15) is 5.75 Å². The van der Waals surface area contributed by atoms with Gasteiger partial charge in [-0.1, -0.05) is 30.0 Å². The van der Waals surface area contributed by atoms with E-state index in [1.165, 1.54) is 11.8 Å². The molecule has 1 aliphatic heterocycles. The van der Waals surface area contributed by atoms with Gasteiger partial charge in [0.2, 0.25) is 5.91 Å². The molecule has 0 saturated carbocycles. The first-order chi connectivity index (χ1) is 16.5. The Morgan fingerprint density at radius 1 is 1.18 bits per heavy atom. The highest BCUT2D eigenvalue weighted by Gasteiger charge is 2.20. The van der Waals surface area contributed by atoms with Crippen molar-refractivity contribution in [1.82, 2.24) is 14.5 Å². The van der Waals surface area contributed by atoms with Crippen molar-refractivity contribution in [2.75, 3.05) is 45.3 Å². The van der Waals surface area contributed by atoms with Gasteiger partial charge in [-0.15, -0.1) is 0 Å². The van der Waals surface area contributed by atoms with E-state index in [9.17, 15) is 9.59 Å². The molecule has 1 saturated heterocycles. The van der Waals surface area contributed by atoms with Crippen molar-refractivity contribution in [3.8, 4) is 5.75 Å². The fourth-order valence-electron chi connectivity index (χ4n) is 3.87. The smallest absolute Gasteiger partial charge is 0.262 e. The molecule has 1 unspecified atom stereocenters. The molecule has 0 aliphatic carbocycles. The summed E-state index contributed by atoms with van der Waals surface area (Å²) in [4.78, 5) is 33.3. The van der Waals surface area contributed by atoms with Crippen LogP contribution in [0.3, 0.4) is 0 Å². The number of anilines is 1. The highest BCUT2D eigenvalue weighted by atomic mass is 32.2. The van der Waals surface area contributed by atoms with Crippen LogP contribution >= 0.6 is 11.8 Å². The van der Waals surface area contributed by atoms with E-state index in [2.05, 4.69) is 10.2 Å². The molecule has 0 radical (unpaired) electrons. The molecule has 2 aromatic carbocycles. The van der Waals surface area contributed by atoms with E-state index < -0.39 is 5.25 Å². The van der Waals surface area contributed by atoms with Gasteiger partial charge in [0.15, 0.2) is 5.16 Å². The lowest BCUT2D eigenvalue weighted by molar-refractivity contribution is -0.115. The number of hydrogen-bond acceptors (Lipinski definition) is 7. The first-order valence-corrected chi connectivity index (χ1v) is 12.3. The van der Waals surface area contributed by atoms with Crippen LogP contribution in [0.5, 0.6) is 5.75 Å². The van der Waals surface area contributed by atoms with Crippen molar-refractivity contribution in [2.45, 2.75) is 30.3 Å². The molecule has 0 spiro atoms. The van der Waals surface area contributed by atoms with E-state index in [4.69, 9.17) is 14.5 Å². The van der Waals surface area contributed by atoms with Crippen molar-refractivity contribution in [2.24, 2.45) is 0 Å². The number of benzene rings is 2. The molecule has 1 atom stereocenters. The number of carbonyl (C=O) groups is 1. The Morgan fingerprint density at radius 2 is 1.97 bits per heavy atom. The van der Waals surface area contributed by atoms with E-state index in [0.717, 1.165) is 39.3 Å². The highest BCUT2D eigenvalue weighted by Crippen LogP contribution is 2.25. The SMILES string of the molecule is COc1cccc(NC(=O)C(C)Sc2nc3ccccc3c(=O)n2CCCN2CCOCC2)c1. The summed E-state index contributed by atoms with van der Waals surface area (Å²) in [7, 11) is 1.59. The van der Waals surface area contributed by atoms with Gasteiger partial charge in [0.05, 0.1) is 36.5 Å². The Morgan fingerprint density at radius 3 is 2.76 bits per heavy atom. The van der Waals surface area contributed by atoms with Gasteiger partial charge >= 0.3 is 0 Å². The minimum absolute atomic E-state index is 0.0736. The maximum absolute atomic E-state index is 13.3. The Balaban J connectivity index is 1.51. The average molecular weight is 483 g/mol. The van der Waals surface area contributed by atoms with Gasteiger partial charge in [-0.25, -0.2) is 4.98 Å². The van der Waals surface area contributed by atoms with E-state index in [-0.39, 0.29) is 11.5 Å². The Kier molecular flexibility index (Phi) is 8.21. The quantitative estimate of drug-likeness (QED) is 0.370. The molecular formula is C25H30N4O4S. The number of amides is 1. The summed E-state index contributed by atoms with van der Waals surface area (Å²) in [6.45, 7) is 6.57. The summed E-state index contributed by atoms with van der Waals surface area (Å²) in [5.74, 6) is 0.504. The second-order valence-corrected chi connectivity index (χ2v) is 9.47. The van der Waals surface area contributed by atoms with Crippen molar-refractivity contribution in [3.05, 3.63) is 58.9 Å². The molecule has 4 rings (SSSR count). The second kappa shape index (κ2) is 11.5. The van der Waals surface area contributed by atoms with Crippen LogP contribution in [0.15, 0.2) is 58.5 Å². The number of morpholine rings is 1. The second-order valence-electron chi connectivity index (χ2n) is 8.16. The largest absolute Gasteiger partial charge is 0.497 e. The molecule has 3 aromatic rings. The third kappa shape index (κ3) is 5.97. The molecule has 180 valence electrons. The minimum Gasteiger partial charge on any atom is -0.497 e. The molecule has 1 amide bonds. The lowest BCUT2D eigenvalue weighted by Gasteiger charge is -2.26. The number of methoxy groups -OCH3 is 1. The molecular weight excluding hydrogens is 452 g/mol. The normalized spacial score (nSPS) is 15.2. The lowest BCUT2D eigenvalue weighted by Crippen LogP contribution is -2.37. The zero-order chi connectivity index (χ0) is 23.9. The molecule has 1 aromatic heterocycles. The predicted octanol–water partition coefficient (Wildman–Crippen LogP) is 3.25. The van der Waals surface area contributed by atoms with Crippen LogP contribution in [0.1, 0.15) is 13.3 Å². The Labute approximate surface area is 203 Å². The zero-order valence-corrected chi connectivity index (χ0v) is 20.3. The average Bonchev–Trinajstić information content (AvgIpc) is 2.86. The Bertz CT molecular complexity index is 1190. The van der Waals surface area contributed by atoms with E-state index >= 15 is 0 Å². The summed E-state index contributed by atoms with van der Waals surface area (Å²) in [6, 6.07) is 14.6. The number of carbonyl (C=O) groups excluding carboxylic acids is 1. The standard InChI is InChI=1S/C25H30N4O4S/c1-18(23(30)26-19-7-5-8-20(17-19)32-2)34-25-27-22-10-4-3-9-21(22)24(31)29(25)12-6-11-28-13-15-33-16-14-28/h3-5,7-10,17-18H,6,11-16H2,1-2H3,(H,26,30). The van der Waals surface area contributed by atoms with Crippen LogP contribution in [0, 0.1) is 0 Å². The minimum atomic E-state index is -0.454. The molecule has 9 heteroatoms. The van der Waals surface area contributed by atoms with Crippen molar-refractivity contribution in [3.63, 3.8) is 0 Å². The van der Waals surface area contributed by atoms with E-state index in [1.807, 2.05) is 43.3 Å². The molecule has 1 N–H and O–H groups in total. The maximum Gasteiger partial charge on any atom is 0.262 e. The molecule has 1 fully saturated rings. The zero-order valence-electron chi connectivity index (χ0n) is 19.5. The van der Waals surface area contributed by atoms with Gasteiger partial charge in [0, 0.05) is 37.9 Å². The van der Waals surface area contributed by atoms with Gasteiger partial charge in [-0.05, 0) is 37.6 Å². The monoisotopic (exact) mass is 482 g/mol. The van der Waals surface area contributed by atoms with E-state index in [0.29, 0.717) is 34.0 Å². The van der Waals surface area contributed by atoms with Gasteiger partial charge < -0.3 is 14.8 Å².